The van der Waals surface area contributed by atoms with Gasteiger partial charge in [0.25, 0.3) is 5.91 Å². The number of aliphatic hydroxyl groups excluding tert-OH is 3. The molecule has 0 aliphatic carbocycles. The molecule has 12 nitrogen and oxygen atoms in total. The Hall–Kier alpha value is -3.32. The second-order valence-electron chi connectivity index (χ2n) is 9.88. The quantitative estimate of drug-likeness (QED) is 0.128. The van der Waals surface area contributed by atoms with E-state index in [9.17, 15) is 34.5 Å². The van der Waals surface area contributed by atoms with Crippen molar-refractivity contribution < 1.29 is 48.7 Å². The lowest BCUT2D eigenvalue weighted by Crippen LogP contribution is -2.55. The average Bonchev–Trinajstić information content (AvgIpc) is 3.08. The number of ether oxygens (including phenoxy) is 3. The molecule has 1 fully saturated rings. The lowest BCUT2D eigenvalue weighted by molar-refractivity contribution is -0.150. The van der Waals surface area contributed by atoms with Gasteiger partial charge < -0.3 is 45.0 Å². The number of nitrogens with one attached hydrogen (secondary N) is 2. The topological polar surface area (TPSA) is 181 Å². The molecule has 0 radical (unpaired) electrons. The van der Waals surface area contributed by atoms with Crippen molar-refractivity contribution in [2.24, 2.45) is 5.41 Å². The highest BCUT2D eigenvalue weighted by atomic mass is 16.7. The zero-order valence-corrected chi connectivity index (χ0v) is 22.3. The fraction of sp³-hybridized carbons (Fsp3) is 0.556. The summed E-state index contributed by atoms with van der Waals surface area (Å²) in [6.45, 7) is 3.32. The molecule has 2 rings (SSSR count). The number of carbonyl (C=O) groups excluding carboxylic acids is 4. The first-order valence-electron chi connectivity index (χ1n) is 12.7. The molecular weight excluding hydrogens is 512 g/mol. The van der Waals surface area contributed by atoms with Gasteiger partial charge in [0, 0.05) is 18.9 Å². The maximum atomic E-state index is 12.8. The fourth-order valence-electron chi connectivity index (χ4n) is 3.76. The summed E-state index contributed by atoms with van der Waals surface area (Å²) in [7, 11) is 1.12. The summed E-state index contributed by atoms with van der Waals surface area (Å²) in [5, 5.41) is 36.0. The van der Waals surface area contributed by atoms with Crippen LogP contribution in [0.3, 0.4) is 0 Å². The van der Waals surface area contributed by atoms with E-state index in [1.807, 2.05) is 30.3 Å². The Kier molecular flexibility index (Phi) is 12.5. The number of aliphatic hydroxyl groups is 3. The predicted octanol–water partition coefficient (Wildman–Crippen LogP) is 0.0247. The van der Waals surface area contributed by atoms with Gasteiger partial charge in [-0.3, -0.25) is 9.59 Å². The molecule has 6 atom stereocenters. The predicted molar refractivity (Wildman–Crippen MR) is 138 cm³/mol. The monoisotopic (exact) mass is 550 g/mol. The van der Waals surface area contributed by atoms with Crippen LogP contribution in [0.15, 0.2) is 42.5 Å². The van der Waals surface area contributed by atoms with E-state index in [0.717, 1.165) is 18.7 Å². The molecule has 1 heterocycles. The molecule has 0 unspecified atom stereocenters. The molecular formula is C27H38N2O10. The lowest BCUT2D eigenvalue weighted by Gasteiger charge is -2.28. The van der Waals surface area contributed by atoms with Crippen LogP contribution in [0, 0.1) is 5.41 Å². The molecule has 0 aromatic heterocycles. The first kappa shape index (κ1) is 31.9. The van der Waals surface area contributed by atoms with Gasteiger partial charge in [-0.05, 0) is 32.3 Å². The van der Waals surface area contributed by atoms with Gasteiger partial charge in [-0.1, -0.05) is 42.5 Å². The first-order chi connectivity index (χ1) is 18.5. The number of allylic oxidation sites excluding steroid dienone is 1. The second-order valence-corrected chi connectivity index (χ2v) is 9.88. The van der Waals surface area contributed by atoms with Crippen LogP contribution in [0.1, 0.15) is 32.3 Å². The number of hydrogen-bond donors (Lipinski definition) is 5. The third-order valence-electron chi connectivity index (χ3n) is 6.18. The summed E-state index contributed by atoms with van der Waals surface area (Å²) < 4.78 is 15.4. The molecule has 39 heavy (non-hydrogen) atoms. The number of carbonyl (C=O) groups is 4. The van der Waals surface area contributed by atoms with Gasteiger partial charge in [0.2, 0.25) is 5.91 Å². The van der Waals surface area contributed by atoms with Gasteiger partial charge in [-0.15, -0.1) is 0 Å². The number of hydrogen-bond acceptors (Lipinski definition) is 10. The molecule has 0 saturated carbocycles. The van der Waals surface area contributed by atoms with Gasteiger partial charge in [0.05, 0.1) is 13.2 Å². The summed E-state index contributed by atoms with van der Waals surface area (Å²) in [6, 6.07) is 8.45. The van der Waals surface area contributed by atoms with Crippen LogP contribution in [-0.4, -0.2) is 96.4 Å². The smallest absolute Gasteiger partial charge is 0.434 e. The molecule has 0 spiro atoms. The van der Waals surface area contributed by atoms with Gasteiger partial charge in [0.1, 0.15) is 36.7 Å². The Bertz CT molecular complexity index is 984. The highest BCUT2D eigenvalue weighted by Gasteiger charge is 2.37. The Morgan fingerprint density at radius 3 is 2.49 bits per heavy atom. The van der Waals surface area contributed by atoms with Crippen molar-refractivity contribution in [3.63, 3.8) is 0 Å². The van der Waals surface area contributed by atoms with E-state index in [-0.39, 0.29) is 26.0 Å². The van der Waals surface area contributed by atoms with Crippen LogP contribution in [-0.2, 0) is 35.0 Å². The van der Waals surface area contributed by atoms with Crippen LogP contribution in [0.5, 0.6) is 0 Å². The van der Waals surface area contributed by atoms with E-state index in [1.54, 1.807) is 13.8 Å². The standard InChI is InChI=1S/C27H38N2O10/c1-27(2,16-30)13-11-20(31)21(32)22(33)23(37-3)25(35)29-19-10-9-18(15-28-24(19)34)39-26(36)38-14-12-17-7-5-4-6-8-17/h4-8,11,13,16,18-23,31-33H,9-10,12,14-15H2,1-3H3,(H,28,34)(H,29,35)/b13-11+/t18-,19+,20-,21+,22-,23-/m1/s1. The highest BCUT2D eigenvalue weighted by molar-refractivity contribution is 5.89. The van der Waals surface area contributed by atoms with Crippen molar-refractivity contribution in [1.82, 2.24) is 10.6 Å². The third-order valence-corrected chi connectivity index (χ3v) is 6.18. The number of rotatable bonds is 13. The first-order valence-corrected chi connectivity index (χ1v) is 12.7. The van der Waals surface area contributed by atoms with Crippen molar-refractivity contribution >= 4 is 24.3 Å². The number of benzene rings is 1. The molecule has 1 saturated heterocycles. The summed E-state index contributed by atoms with van der Waals surface area (Å²) in [5.41, 5.74) is 0.0993. The minimum Gasteiger partial charge on any atom is -0.434 e. The molecule has 216 valence electrons. The molecule has 12 heteroatoms. The fourth-order valence-corrected chi connectivity index (χ4v) is 3.76. The Morgan fingerprint density at radius 2 is 1.85 bits per heavy atom. The maximum absolute atomic E-state index is 12.8. The van der Waals surface area contributed by atoms with E-state index in [2.05, 4.69) is 10.6 Å². The molecule has 1 aliphatic rings. The molecule has 1 aromatic rings. The van der Waals surface area contributed by atoms with Gasteiger partial charge in [0.15, 0.2) is 6.10 Å². The number of amides is 2. The minimum absolute atomic E-state index is 0.0176. The number of aldehydes is 1. The lowest BCUT2D eigenvalue weighted by atomic mass is 9.93. The summed E-state index contributed by atoms with van der Waals surface area (Å²) in [5.74, 6) is -1.43. The Labute approximate surface area is 227 Å². The van der Waals surface area contributed by atoms with Crippen molar-refractivity contribution in [3.8, 4) is 0 Å². The third kappa shape index (κ3) is 10.4. The van der Waals surface area contributed by atoms with Crippen molar-refractivity contribution in [2.45, 2.75) is 69.7 Å². The normalized spacial score (nSPS) is 21.1. The zero-order chi connectivity index (χ0) is 29.0. The van der Waals surface area contributed by atoms with Crippen molar-refractivity contribution in [3.05, 3.63) is 48.0 Å². The molecule has 5 N–H and O–H groups in total. The summed E-state index contributed by atoms with van der Waals surface area (Å²) in [6.07, 6.45) is -4.44. The highest BCUT2D eigenvalue weighted by Crippen LogP contribution is 2.16. The van der Waals surface area contributed by atoms with Crippen molar-refractivity contribution in [1.29, 1.82) is 0 Å². The maximum Gasteiger partial charge on any atom is 0.508 e. The van der Waals surface area contributed by atoms with E-state index < -0.39 is 59.9 Å². The van der Waals surface area contributed by atoms with Gasteiger partial charge in [-0.25, -0.2) is 4.79 Å². The summed E-state index contributed by atoms with van der Waals surface area (Å²) >= 11 is 0. The average molecular weight is 551 g/mol. The van der Waals surface area contributed by atoms with E-state index in [1.165, 1.54) is 6.08 Å². The van der Waals surface area contributed by atoms with Crippen LogP contribution < -0.4 is 10.6 Å². The zero-order valence-electron chi connectivity index (χ0n) is 22.3. The molecule has 2 amide bonds. The van der Waals surface area contributed by atoms with Gasteiger partial charge >= 0.3 is 6.16 Å². The minimum atomic E-state index is -1.86. The molecule has 0 bridgehead atoms. The SMILES string of the molecule is CO[C@@H](C(=O)N[C@H]1CC[C@@H](OC(=O)OCCc2ccccc2)CNC1=O)[C@H](O)[C@@H](O)[C@H](O)/C=C/C(C)(C)C=O. The number of methoxy groups -OCH3 is 1. The molecule has 1 aromatic carbocycles. The Morgan fingerprint density at radius 1 is 1.15 bits per heavy atom. The van der Waals surface area contributed by atoms with E-state index in [4.69, 9.17) is 14.2 Å². The van der Waals surface area contributed by atoms with Crippen LogP contribution in [0.4, 0.5) is 4.79 Å². The summed E-state index contributed by atoms with van der Waals surface area (Å²) in [4.78, 5) is 48.4. The molecule has 1 aliphatic heterocycles. The van der Waals surface area contributed by atoms with E-state index in [0.29, 0.717) is 12.7 Å². The largest absolute Gasteiger partial charge is 0.508 e. The van der Waals surface area contributed by atoms with Crippen LogP contribution >= 0.6 is 0 Å². The Balaban J connectivity index is 1.87. The van der Waals surface area contributed by atoms with Crippen LogP contribution in [0.25, 0.3) is 0 Å². The van der Waals surface area contributed by atoms with E-state index >= 15 is 0 Å². The van der Waals surface area contributed by atoms with Gasteiger partial charge in [-0.2, -0.15) is 0 Å². The second kappa shape index (κ2) is 15.3. The van der Waals surface area contributed by atoms with Crippen molar-refractivity contribution in [2.75, 3.05) is 20.3 Å². The van der Waals surface area contributed by atoms with Crippen LogP contribution in [0.2, 0.25) is 0 Å².